The predicted octanol–water partition coefficient (Wildman–Crippen LogP) is 4.67. The van der Waals surface area contributed by atoms with E-state index in [0.717, 1.165) is 6.26 Å². The van der Waals surface area contributed by atoms with Crippen LogP contribution in [0.25, 0.3) is 11.1 Å². The van der Waals surface area contributed by atoms with Crippen molar-refractivity contribution >= 4 is 21.3 Å². The van der Waals surface area contributed by atoms with Crippen LogP contribution in [0.3, 0.4) is 0 Å². The maximum Gasteiger partial charge on any atom is 0.387 e. The first-order valence-electron chi connectivity index (χ1n) is 10.2. The summed E-state index contributed by atoms with van der Waals surface area (Å²) < 4.78 is 73.6. The monoisotopic (exact) mass is 495 g/mol. The van der Waals surface area contributed by atoms with Gasteiger partial charge in [-0.25, -0.2) is 17.8 Å². The van der Waals surface area contributed by atoms with Crippen molar-refractivity contribution in [2.24, 2.45) is 0 Å². The van der Waals surface area contributed by atoms with Gasteiger partial charge >= 0.3 is 6.61 Å². The third kappa shape index (κ3) is 6.53. The number of hydrogen-bond acceptors (Lipinski definition) is 7. The second-order valence-corrected chi connectivity index (χ2v) is 9.63. The minimum Gasteiger partial charge on any atom is -0.490 e. The molecule has 0 fully saturated rings. The van der Waals surface area contributed by atoms with Crippen molar-refractivity contribution in [3.05, 3.63) is 66.1 Å². The highest BCUT2D eigenvalue weighted by molar-refractivity contribution is 7.90. The van der Waals surface area contributed by atoms with E-state index in [0.29, 0.717) is 16.7 Å². The molecule has 3 aromatic rings. The number of alkyl halides is 2. The van der Waals surface area contributed by atoms with Gasteiger partial charge < -0.3 is 20.5 Å². The summed E-state index contributed by atoms with van der Waals surface area (Å²) in [7, 11) is -3.49. The van der Waals surface area contributed by atoms with Crippen molar-refractivity contribution in [1.29, 1.82) is 0 Å². The summed E-state index contributed by atoms with van der Waals surface area (Å²) in [5.41, 5.74) is 7.49. The molecule has 0 radical (unpaired) electrons. The van der Waals surface area contributed by atoms with Gasteiger partial charge in [-0.2, -0.15) is 8.78 Å². The third-order valence-electron chi connectivity index (χ3n) is 4.77. The van der Waals surface area contributed by atoms with E-state index in [1.54, 1.807) is 25.1 Å². The van der Waals surface area contributed by atoms with Gasteiger partial charge in [-0.3, -0.25) is 0 Å². The zero-order valence-electron chi connectivity index (χ0n) is 18.5. The summed E-state index contributed by atoms with van der Waals surface area (Å²) in [5.74, 6) is -0.736. The summed E-state index contributed by atoms with van der Waals surface area (Å²) in [4.78, 5) is 4.25. The lowest BCUT2D eigenvalue weighted by atomic mass is 10.1. The minimum absolute atomic E-state index is 0.0384. The summed E-state index contributed by atoms with van der Waals surface area (Å²) in [6, 6.07) is 11.0. The number of nitrogens with zero attached hydrogens (tertiary/aromatic N) is 1. The first kappa shape index (κ1) is 25.2. The number of rotatable bonds is 10. The quantitative estimate of drug-likeness (QED) is 0.421. The molecule has 34 heavy (non-hydrogen) atoms. The largest absolute Gasteiger partial charge is 0.490 e. The van der Waals surface area contributed by atoms with Crippen LogP contribution >= 0.6 is 0 Å². The van der Waals surface area contributed by atoms with Gasteiger partial charge in [-0.1, -0.05) is 24.3 Å². The molecule has 7 nitrogen and oxygen atoms in total. The van der Waals surface area contributed by atoms with E-state index in [-0.39, 0.29) is 35.4 Å². The fraction of sp³-hybridized carbons (Fsp3) is 0.261. The summed E-state index contributed by atoms with van der Waals surface area (Å²) in [5, 5.41) is 2.99. The van der Waals surface area contributed by atoms with Crippen molar-refractivity contribution in [3.63, 3.8) is 0 Å². The lowest BCUT2D eigenvalue weighted by Gasteiger charge is -2.22. The number of sulfone groups is 1. The minimum atomic E-state index is -3.49. The number of nitrogen functional groups attached to an aromatic ring is 1. The Bertz CT molecular complexity index is 1260. The molecule has 11 heteroatoms. The number of ether oxygens (including phenoxy) is 2. The molecule has 0 amide bonds. The first-order valence-corrected chi connectivity index (χ1v) is 12.3. The lowest BCUT2D eigenvalue weighted by molar-refractivity contribution is -0.0514. The van der Waals surface area contributed by atoms with Gasteiger partial charge in [0.05, 0.1) is 24.1 Å². The average molecular weight is 496 g/mol. The average Bonchev–Trinajstić information content (AvgIpc) is 2.75. The molecule has 0 aliphatic rings. The highest BCUT2D eigenvalue weighted by Crippen LogP contribution is 2.34. The van der Waals surface area contributed by atoms with Crippen LogP contribution in [0.5, 0.6) is 11.5 Å². The second kappa shape index (κ2) is 10.6. The molecular formula is C23H24F3N3O4S. The van der Waals surface area contributed by atoms with Crippen molar-refractivity contribution in [1.82, 2.24) is 4.98 Å². The Hall–Kier alpha value is -3.47. The number of hydrogen-bond donors (Lipinski definition) is 2. The summed E-state index contributed by atoms with van der Waals surface area (Å²) in [6.45, 7) is -1.20. The van der Waals surface area contributed by atoms with Gasteiger partial charge in [0.15, 0.2) is 11.5 Å². The van der Waals surface area contributed by atoms with Gasteiger partial charge in [-0.05, 0) is 36.8 Å². The van der Waals surface area contributed by atoms with E-state index >= 15 is 0 Å². The fourth-order valence-corrected chi connectivity index (χ4v) is 4.22. The van der Waals surface area contributed by atoms with E-state index in [1.807, 2.05) is 0 Å². The fourth-order valence-electron chi connectivity index (χ4n) is 3.34. The number of benzene rings is 2. The van der Waals surface area contributed by atoms with E-state index in [9.17, 15) is 21.6 Å². The number of anilines is 2. The second-order valence-electron chi connectivity index (χ2n) is 7.45. The standard InChI is InChI=1S/C23H24F3N3O4S/c1-3-32-21-11-14(8-9-20(21)33-23(25)26)19(13-34(2,30)31)29-22-18(27)10-15(12-28-22)16-6-4-5-7-17(16)24/h4-12,19,23H,3,13,27H2,1-2H3,(H,28,29). The molecule has 3 rings (SSSR count). The van der Waals surface area contributed by atoms with E-state index < -0.39 is 28.3 Å². The van der Waals surface area contributed by atoms with Crippen LogP contribution in [-0.4, -0.2) is 38.6 Å². The van der Waals surface area contributed by atoms with Crippen molar-refractivity contribution < 1.29 is 31.1 Å². The van der Waals surface area contributed by atoms with Gasteiger partial charge in [0.2, 0.25) is 0 Å². The molecule has 0 aliphatic carbocycles. The Labute approximate surface area is 195 Å². The van der Waals surface area contributed by atoms with E-state index in [4.69, 9.17) is 10.5 Å². The summed E-state index contributed by atoms with van der Waals surface area (Å²) >= 11 is 0. The Morgan fingerprint density at radius 3 is 2.47 bits per heavy atom. The van der Waals surface area contributed by atoms with Gasteiger partial charge in [0.25, 0.3) is 0 Å². The summed E-state index contributed by atoms with van der Waals surface area (Å²) in [6.07, 6.45) is 2.48. The Morgan fingerprint density at radius 1 is 1.12 bits per heavy atom. The van der Waals surface area contributed by atoms with Crippen LogP contribution in [-0.2, 0) is 9.84 Å². The molecule has 0 saturated carbocycles. The normalized spacial score (nSPS) is 12.4. The van der Waals surface area contributed by atoms with Crippen LogP contribution in [0.4, 0.5) is 24.7 Å². The number of nitrogens with one attached hydrogen (secondary N) is 1. The highest BCUT2D eigenvalue weighted by Gasteiger charge is 2.22. The van der Waals surface area contributed by atoms with Crippen molar-refractivity contribution in [3.8, 4) is 22.6 Å². The topological polar surface area (TPSA) is 104 Å². The molecule has 3 N–H and O–H groups in total. The van der Waals surface area contributed by atoms with Gasteiger partial charge in [0, 0.05) is 23.6 Å². The van der Waals surface area contributed by atoms with Gasteiger partial charge in [0.1, 0.15) is 21.5 Å². The Morgan fingerprint density at radius 2 is 1.85 bits per heavy atom. The van der Waals surface area contributed by atoms with Crippen LogP contribution in [0.1, 0.15) is 18.5 Å². The maximum atomic E-state index is 14.1. The molecular weight excluding hydrogens is 471 g/mol. The molecule has 182 valence electrons. The zero-order chi connectivity index (χ0) is 24.9. The number of nitrogens with two attached hydrogens (primary N) is 1. The highest BCUT2D eigenvalue weighted by atomic mass is 32.2. The molecule has 1 atom stereocenters. The van der Waals surface area contributed by atoms with Crippen LogP contribution in [0, 0.1) is 5.82 Å². The number of aromatic nitrogens is 1. The van der Waals surface area contributed by atoms with E-state index in [2.05, 4.69) is 15.0 Å². The van der Waals surface area contributed by atoms with Gasteiger partial charge in [-0.15, -0.1) is 0 Å². The van der Waals surface area contributed by atoms with Crippen molar-refractivity contribution in [2.75, 3.05) is 29.7 Å². The molecule has 0 aliphatic heterocycles. The molecule has 2 aromatic carbocycles. The molecule has 0 spiro atoms. The lowest BCUT2D eigenvalue weighted by Crippen LogP contribution is -2.22. The molecule has 1 aromatic heterocycles. The third-order valence-corrected chi connectivity index (χ3v) is 5.71. The van der Waals surface area contributed by atoms with Crippen molar-refractivity contribution in [2.45, 2.75) is 19.6 Å². The Kier molecular flexibility index (Phi) is 7.87. The number of halogens is 3. The van der Waals surface area contributed by atoms with Crippen LogP contribution in [0.15, 0.2) is 54.7 Å². The first-order chi connectivity index (χ1) is 16.1. The van der Waals surface area contributed by atoms with E-state index in [1.165, 1.54) is 36.5 Å². The Balaban J connectivity index is 1.96. The molecule has 0 bridgehead atoms. The molecule has 1 heterocycles. The maximum absolute atomic E-state index is 14.1. The predicted molar refractivity (Wildman–Crippen MR) is 124 cm³/mol. The SMILES string of the molecule is CCOc1cc(C(CS(C)(=O)=O)Nc2ncc(-c3ccccc3F)cc2N)ccc1OC(F)F. The molecule has 0 saturated heterocycles. The van der Waals surface area contributed by atoms with Crippen LogP contribution in [0.2, 0.25) is 0 Å². The van der Waals surface area contributed by atoms with Crippen LogP contribution < -0.4 is 20.5 Å². The number of pyridine rings is 1. The molecule has 1 unspecified atom stereocenters. The smallest absolute Gasteiger partial charge is 0.387 e. The zero-order valence-corrected chi connectivity index (χ0v) is 19.3.